The summed E-state index contributed by atoms with van der Waals surface area (Å²) in [7, 11) is 3.53. The molecule has 7 heteroatoms. The van der Waals surface area contributed by atoms with Crippen LogP contribution in [-0.4, -0.2) is 77.1 Å². The fraction of sp³-hybridized carbons (Fsp3) is 0.696. The first kappa shape index (κ1) is 22.8. The zero-order valence-corrected chi connectivity index (χ0v) is 18.6. The van der Waals surface area contributed by atoms with Crippen LogP contribution in [0.25, 0.3) is 0 Å². The summed E-state index contributed by atoms with van der Waals surface area (Å²) in [6, 6.07) is 8.77. The molecule has 0 aliphatic carbocycles. The quantitative estimate of drug-likeness (QED) is 0.346. The zero-order chi connectivity index (χ0) is 21.0. The molecule has 0 amide bonds. The Kier molecular flexibility index (Phi) is 9.73. The summed E-state index contributed by atoms with van der Waals surface area (Å²) in [6.07, 6.45) is 5.90. The predicted molar refractivity (Wildman–Crippen MR) is 120 cm³/mol. The van der Waals surface area contributed by atoms with Crippen LogP contribution < -0.4 is 15.4 Å². The van der Waals surface area contributed by atoms with Gasteiger partial charge in [-0.2, -0.15) is 0 Å². The maximum Gasteiger partial charge on any atom is 0.191 e. The number of guanidine groups is 1. The molecular formula is C23H38N4O3. The van der Waals surface area contributed by atoms with E-state index in [1.165, 1.54) is 18.4 Å². The number of likely N-dealkylation sites (tertiary alicyclic amines) is 1. The molecule has 7 nitrogen and oxygen atoms in total. The lowest BCUT2D eigenvalue weighted by atomic mass is 10.1. The van der Waals surface area contributed by atoms with Crippen molar-refractivity contribution in [2.75, 3.05) is 60.2 Å². The van der Waals surface area contributed by atoms with Gasteiger partial charge in [0.05, 0.1) is 19.3 Å². The van der Waals surface area contributed by atoms with Gasteiger partial charge in [0, 0.05) is 40.0 Å². The number of methoxy groups -OCH3 is 1. The van der Waals surface area contributed by atoms with Crippen LogP contribution in [0.15, 0.2) is 29.3 Å². The van der Waals surface area contributed by atoms with Crippen LogP contribution in [0.1, 0.15) is 43.7 Å². The van der Waals surface area contributed by atoms with Crippen LogP contribution in [0.5, 0.6) is 5.75 Å². The van der Waals surface area contributed by atoms with E-state index in [2.05, 4.69) is 32.7 Å². The van der Waals surface area contributed by atoms with Crippen LogP contribution in [0, 0.1) is 0 Å². The summed E-state index contributed by atoms with van der Waals surface area (Å²) in [5.74, 6) is 1.74. The van der Waals surface area contributed by atoms with Crippen molar-refractivity contribution in [2.24, 2.45) is 4.99 Å². The summed E-state index contributed by atoms with van der Waals surface area (Å²) < 4.78 is 16.6. The van der Waals surface area contributed by atoms with Crippen molar-refractivity contribution in [1.29, 1.82) is 0 Å². The Hall–Kier alpha value is -1.83. The van der Waals surface area contributed by atoms with Crippen molar-refractivity contribution in [3.63, 3.8) is 0 Å². The number of rotatable bonds is 10. The van der Waals surface area contributed by atoms with E-state index in [-0.39, 0.29) is 0 Å². The Bertz CT molecular complexity index is 626. The standard InChI is InChI=1S/C23H38N4O3/c1-24-23(25-12-5-15-30-21-10-16-29-17-11-21)26-18-22(27-13-3-4-14-27)19-6-8-20(28-2)9-7-19/h6-9,21-22H,3-5,10-18H2,1-2H3,(H2,24,25,26). The molecule has 2 heterocycles. The molecule has 3 rings (SSSR count). The smallest absolute Gasteiger partial charge is 0.191 e. The highest BCUT2D eigenvalue weighted by Gasteiger charge is 2.23. The van der Waals surface area contributed by atoms with E-state index in [4.69, 9.17) is 14.2 Å². The molecule has 0 radical (unpaired) electrons. The lowest BCUT2D eigenvalue weighted by Gasteiger charge is -2.29. The monoisotopic (exact) mass is 418 g/mol. The van der Waals surface area contributed by atoms with E-state index in [9.17, 15) is 0 Å². The maximum atomic E-state index is 5.94. The number of hydrogen-bond donors (Lipinski definition) is 2. The number of aliphatic imine (C=N–C) groups is 1. The average molecular weight is 419 g/mol. The second-order valence-electron chi connectivity index (χ2n) is 7.95. The Labute approximate surface area is 181 Å². The first-order valence-corrected chi connectivity index (χ1v) is 11.3. The van der Waals surface area contributed by atoms with Crippen molar-refractivity contribution in [2.45, 2.75) is 44.2 Å². The third kappa shape index (κ3) is 7.15. The molecule has 0 spiro atoms. The average Bonchev–Trinajstić information content (AvgIpc) is 3.33. The molecular weight excluding hydrogens is 380 g/mol. The third-order valence-corrected chi connectivity index (χ3v) is 5.90. The van der Waals surface area contributed by atoms with E-state index in [1.807, 2.05) is 19.2 Å². The zero-order valence-electron chi connectivity index (χ0n) is 18.6. The number of nitrogens with one attached hydrogen (secondary N) is 2. The summed E-state index contributed by atoms with van der Waals surface area (Å²) >= 11 is 0. The van der Waals surface area contributed by atoms with E-state index in [1.54, 1.807) is 7.11 Å². The van der Waals surface area contributed by atoms with E-state index in [0.29, 0.717) is 12.1 Å². The molecule has 2 aliphatic rings. The molecule has 1 unspecified atom stereocenters. The molecule has 1 aromatic carbocycles. The van der Waals surface area contributed by atoms with Gasteiger partial charge >= 0.3 is 0 Å². The third-order valence-electron chi connectivity index (χ3n) is 5.90. The first-order valence-electron chi connectivity index (χ1n) is 11.3. The van der Waals surface area contributed by atoms with Gasteiger partial charge in [0.25, 0.3) is 0 Å². The molecule has 0 bridgehead atoms. The normalized spacial score (nSPS) is 19.6. The van der Waals surface area contributed by atoms with Gasteiger partial charge in [-0.15, -0.1) is 0 Å². The van der Waals surface area contributed by atoms with Crippen molar-refractivity contribution in [3.8, 4) is 5.75 Å². The highest BCUT2D eigenvalue weighted by molar-refractivity contribution is 5.79. The van der Waals surface area contributed by atoms with Crippen molar-refractivity contribution >= 4 is 5.96 Å². The van der Waals surface area contributed by atoms with Crippen LogP contribution in [0.4, 0.5) is 0 Å². The highest BCUT2D eigenvalue weighted by atomic mass is 16.5. The van der Waals surface area contributed by atoms with Crippen molar-refractivity contribution in [3.05, 3.63) is 29.8 Å². The second-order valence-corrected chi connectivity index (χ2v) is 7.95. The summed E-state index contributed by atoms with van der Waals surface area (Å²) in [4.78, 5) is 6.95. The van der Waals surface area contributed by atoms with Gasteiger partial charge in [-0.05, 0) is 62.9 Å². The minimum absolute atomic E-state index is 0.328. The van der Waals surface area contributed by atoms with Gasteiger partial charge in [0.2, 0.25) is 0 Å². The van der Waals surface area contributed by atoms with Gasteiger partial charge in [-0.25, -0.2) is 0 Å². The molecule has 0 saturated carbocycles. The molecule has 30 heavy (non-hydrogen) atoms. The number of hydrogen-bond acceptors (Lipinski definition) is 5. The highest BCUT2D eigenvalue weighted by Crippen LogP contribution is 2.26. The first-order chi connectivity index (χ1) is 14.8. The minimum atomic E-state index is 0.328. The number of ether oxygens (including phenoxy) is 3. The lowest BCUT2D eigenvalue weighted by Crippen LogP contribution is -2.43. The van der Waals surface area contributed by atoms with Gasteiger partial charge in [-0.3, -0.25) is 9.89 Å². The van der Waals surface area contributed by atoms with Crippen LogP contribution in [0.2, 0.25) is 0 Å². The van der Waals surface area contributed by atoms with E-state index < -0.39 is 0 Å². The topological polar surface area (TPSA) is 67.4 Å². The van der Waals surface area contributed by atoms with Crippen LogP contribution in [-0.2, 0) is 9.47 Å². The minimum Gasteiger partial charge on any atom is -0.497 e. The molecule has 1 aromatic rings. The fourth-order valence-electron chi connectivity index (χ4n) is 4.12. The van der Waals surface area contributed by atoms with Gasteiger partial charge in [-0.1, -0.05) is 12.1 Å². The Morgan fingerprint density at radius 3 is 2.57 bits per heavy atom. The largest absolute Gasteiger partial charge is 0.497 e. The molecule has 2 N–H and O–H groups in total. The Morgan fingerprint density at radius 2 is 1.90 bits per heavy atom. The van der Waals surface area contributed by atoms with E-state index in [0.717, 1.165) is 77.0 Å². The number of nitrogens with zero attached hydrogens (tertiary/aromatic N) is 2. The molecule has 1 atom stereocenters. The maximum absolute atomic E-state index is 5.94. The van der Waals surface area contributed by atoms with Gasteiger partial charge in [0.15, 0.2) is 5.96 Å². The molecule has 2 saturated heterocycles. The van der Waals surface area contributed by atoms with Crippen molar-refractivity contribution < 1.29 is 14.2 Å². The van der Waals surface area contributed by atoms with Crippen LogP contribution in [0.3, 0.4) is 0 Å². The summed E-state index contributed by atoms with van der Waals surface area (Å²) in [5, 5.41) is 6.94. The number of benzene rings is 1. The molecule has 0 aromatic heterocycles. The fourth-order valence-corrected chi connectivity index (χ4v) is 4.12. The Morgan fingerprint density at radius 1 is 1.17 bits per heavy atom. The summed E-state index contributed by atoms with van der Waals surface area (Å²) in [6.45, 7) is 6.39. The van der Waals surface area contributed by atoms with E-state index >= 15 is 0 Å². The SMILES string of the molecule is CN=C(NCCCOC1CCOCC1)NCC(c1ccc(OC)cc1)N1CCCC1. The Balaban J connectivity index is 1.43. The summed E-state index contributed by atoms with van der Waals surface area (Å²) in [5.41, 5.74) is 1.31. The van der Waals surface area contributed by atoms with Gasteiger partial charge in [0.1, 0.15) is 5.75 Å². The molecule has 168 valence electrons. The lowest BCUT2D eigenvalue weighted by molar-refractivity contribution is -0.0320. The van der Waals surface area contributed by atoms with Crippen molar-refractivity contribution in [1.82, 2.24) is 15.5 Å². The van der Waals surface area contributed by atoms with Crippen LogP contribution >= 0.6 is 0 Å². The van der Waals surface area contributed by atoms with Gasteiger partial charge < -0.3 is 24.8 Å². The predicted octanol–water partition coefficient (Wildman–Crippen LogP) is 2.58. The molecule has 2 aliphatic heterocycles. The molecule has 2 fully saturated rings. The second kappa shape index (κ2) is 12.8.